The Balaban J connectivity index is 1.91. The maximum Gasteiger partial charge on any atom is 0.266 e. The smallest absolute Gasteiger partial charge is 0.266 e. The fraction of sp³-hybridized carbons (Fsp3) is 0.192. The first-order valence-corrected chi connectivity index (χ1v) is 11.5. The molecule has 5 nitrogen and oxygen atoms in total. The number of aromatic nitrogens is 2. The number of hydrogen-bond acceptors (Lipinski definition) is 3. The van der Waals surface area contributed by atoms with E-state index < -0.39 is 16.8 Å². The molecule has 4 rings (SSSR count). The number of amides is 1. The Morgan fingerprint density at radius 2 is 1.61 bits per heavy atom. The van der Waals surface area contributed by atoms with Crippen LogP contribution in [-0.4, -0.2) is 25.2 Å². The number of aryl methyl sites for hydroxylation is 1. The largest absolute Gasteiger partial charge is 0.326 e. The van der Waals surface area contributed by atoms with Crippen LogP contribution in [0, 0.1) is 6.92 Å². The van der Waals surface area contributed by atoms with Crippen molar-refractivity contribution in [1.29, 1.82) is 0 Å². The first kappa shape index (κ1) is 23.0. The molecule has 168 valence electrons. The number of carbonyl (C=O) groups is 1. The highest BCUT2D eigenvalue weighted by atomic mass is 35.5. The summed E-state index contributed by atoms with van der Waals surface area (Å²) in [7, 11) is 0. The molecule has 4 aromatic rings. The quantitative estimate of drug-likeness (QED) is 0.338. The molecule has 0 spiro atoms. The summed E-state index contributed by atoms with van der Waals surface area (Å²) in [6, 6.07) is 23.8. The summed E-state index contributed by atoms with van der Waals surface area (Å²) in [6.45, 7) is 4.09. The first-order chi connectivity index (χ1) is 15.9. The van der Waals surface area contributed by atoms with Crippen LogP contribution in [0.15, 0.2) is 83.7 Å². The van der Waals surface area contributed by atoms with Crippen molar-refractivity contribution in [3.05, 3.63) is 106 Å². The van der Waals surface area contributed by atoms with Gasteiger partial charge in [0.2, 0.25) is 0 Å². The molecule has 0 aliphatic rings. The first-order valence-electron chi connectivity index (χ1n) is 10.6. The van der Waals surface area contributed by atoms with E-state index in [0.29, 0.717) is 22.4 Å². The van der Waals surface area contributed by atoms with Crippen LogP contribution < -0.4 is 5.56 Å². The number of hydrogen-bond donors (Lipinski definition) is 0. The van der Waals surface area contributed by atoms with Crippen LogP contribution in [-0.2, 0) is 11.3 Å². The van der Waals surface area contributed by atoms with Gasteiger partial charge in [-0.15, -0.1) is 0 Å². The van der Waals surface area contributed by atoms with Crippen LogP contribution in [0.2, 0.25) is 0 Å². The summed E-state index contributed by atoms with van der Waals surface area (Å²) in [5.41, 5.74) is 3.02. The molecule has 3 aromatic carbocycles. The van der Waals surface area contributed by atoms with Gasteiger partial charge in [-0.05, 0) is 43.7 Å². The van der Waals surface area contributed by atoms with E-state index in [9.17, 15) is 9.59 Å². The van der Waals surface area contributed by atoms with Gasteiger partial charge in [-0.1, -0.05) is 83.4 Å². The highest BCUT2D eigenvalue weighted by Crippen LogP contribution is 2.26. The van der Waals surface area contributed by atoms with Gasteiger partial charge in [-0.3, -0.25) is 14.2 Å². The maximum atomic E-state index is 13.6. The lowest BCUT2D eigenvalue weighted by Crippen LogP contribution is -2.39. The third-order valence-corrected chi connectivity index (χ3v) is 5.97. The summed E-state index contributed by atoms with van der Waals surface area (Å²) in [5.74, 6) is -0.0200. The zero-order chi connectivity index (χ0) is 23.5. The Kier molecular flexibility index (Phi) is 6.82. The molecule has 1 atom stereocenters. The van der Waals surface area contributed by atoms with Crippen molar-refractivity contribution in [2.45, 2.75) is 31.3 Å². The van der Waals surface area contributed by atoms with Crippen molar-refractivity contribution >= 4 is 40.0 Å². The lowest BCUT2D eigenvalue weighted by molar-refractivity contribution is -0.132. The highest BCUT2D eigenvalue weighted by molar-refractivity contribution is 6.53. The minimum Gasteiger partial charge on any atom is -0.326 e. The van der Waals surface area contributed by atoms with Gasteiger partial charge >= 0.3 is 0 Å². The predicted octanol–water partition coefficient (Wildman–Crippen LogP) is 5.59. The van der Waals surface area contributed by atoms with Crippen molar-refractivity contribution in [3.63, 3.8) is 0 Å². The zero-order valence-corrected chi connectivity index (χ0v) is 19.8. The molecule has 0 aliphatic heterocycles. The van der Waals surface area contributed by atoms with Gasteiger partial charge in [0.1, 0.15) is 5.82 Å². The van der Waals surface area contributed by atoms with Crippen molar-refractivity contribution in [3.8, 4) is 5.69 Å². The van der Waals surface area contributed by atoms with E-state index in [1.165, 1.54) is 0 Å². The SMILES string of the molecule is Cc1ccc(-n2c(C(C)N(Cc3ccccc3)C(=O)C(Cl)Cl)nc3ccccc3c2=O)cc1. The maximum absolute atomic E-state index is 13.6. The lowest BCUT2D eigenvalue weighted by atomic mass is 10.1. The van der Waals surface area contributed by atoms with Gasteiger partial charge in [-0.2, -0.15) is 0 Å². The highest BCUT2D eigenvalue weighted by Gasteiger charge is 2.30. The normalized spacial score (nSPS) is 12.2. The van der Waals surface area contributed by atoms with E-state index in [-0.39, 0.29) is 12.1 Å². The molecule has 0 fully saturated rings. The van der Waals surface area contributed by atoms with Crippen LogP contribution >= 0.6 is 23.2 Å². The molecule has 0 saturated carbocycles. The minimum absolute atomic E-state index is 0.202. The summed E-state index contributed by atoms with van der Waals surface area (Å²) < 4.78 is 1.56. The molecule has 33 heavy (non-hydrogen) atoms. The van der Waals surface area contributed by atoms with Gasteiger partial charge in [0.05, 0.1) is 22.6 Å². The Bertz CT molecular complexity index is 1340. The molecular weight excluding hydrogens is 457 g/mol. The molecular formula is C26H23Cl2N3O2. The van der Waals surface area contributed by atoms with Crippen LogP contribution in [0.25, 0.3) is 16.6 Å². The van der Waals surface area contributed by atoms with E-state index in [4.69, 9.17) is 28.2 Å². The Morgan fingerprint density at radius 1 is 0.970 bits per heavy atom. The second kappa shape index (κ2) is 9.77. The number of halogens is 2. The van der Waals surface area contributed by atoms with E-state index in [1.54, 1.807) is 21.6 Å². The van der Waals surface area contributed by atoms with Crippen molar-refractivity contribution in [2.24, 2.45) is 0 Å². The monoisotopic (exact) mass is 479 g/mol. The second-order valence-corrected chi connectivity index (χ2v) is 8.99. The van der Waals surface area contributed by atoms with Crippen LogP contribution in [0.5, 0.6) is 0 Å². The molecule has 0 bridgehead atoms. The van der Waals surface area contributed by atoms with Gasteiger partial charge in [0.15, 0.2) is 4.84 Å². The molecule has 0 radical (unpaired) electrons. The average molecular weight is 480 g/mol. The topological polar surface area (TPSA) is 55.2 Å². The number of fused-ring (bicyclic) bond motifs is 1. The van der Waals surface area contributed by atoms with Gasteiger partial charge in [0, 0.05) is 6.54 Å². The summed E-state index contributed by atoms with van der Waals surface area (Å²) in [6.07, 6.45) is 0. The van der Waals surface area contributed by atoms with E-state index in [2.05, 4.69) is 0 Å². The molecule has 7 heteroatoms. The van der Waals surface area contributed by atoms with E-state index in [0.717, 1.165) is 11.1 Å². The molecule has 0 aliphatic carbocycles. The van der Waals surface area contributed by atoms with Crippen molar-refractivity contribution in [1.82, 2.24) is 14.5 Å². The fourth-order valence-electron chi connectivity index (χ4n) is 3.82. The molecule has 1 heterocycles. The summed E-state index contributed by atoms with van der Waals surface area (Å²) >= 11 is 12.0. The van der Waals surface area contributed by atoms with E-state index >= 15 is 0 Å². The van der Waals surface area contributed by atoms with Gasteiger partial charge in [0.25, 0.3) is 11.5 Å². The van der Waals surface area contributed by atoms with Crippen LogP contribution in [0.3, 0.4) is 0 Å². The Hall–Kier alpha value is -3.15. The number of carbonyl (C=O) groups excluding carboxylic acids is 1. The minimum atomic E-state index is -1.24. The second-order valence-electron chi connectivity index (χ2n) is 7.89. The molecule has 1 aromatic heterocycles. The average Bonchev–Trinajstić information content (AvgIpc) is 2.83. The lowest BCUT2D eigenvalue weighted by Gasteiger charge is -2.31. The fourth-order valence-corrected chi connectivity index (χ4v) is 4.07. The van der Waals surface area contributed by atoms with Crippen molar-refractivity contribution < 1.29 is 4.79 Å². The zero-order valence-electron chi connectivity index (χ0n) is 18.3. The van der Waals surface area contributed by atoms with Crippen molar-refractivity contribution in [2.75, 3.05) is 0 Å². The molecule has 1 amide bonds. The van der Waals surface area contributed by atoms with E-state index in [1.807, 2.05) is 80.6 Å². The van der Waals surface area contributed by atoms with Crippen LogP contribution in [0.4, 0.5) is 0 Å². The van der Waals surface area contributed by atoms with Gasteiger partial charge in [-0.25, -0.2) is 4.98 Å². The Labute approximate surface area is 202 Å². The third kappa shape index (κ3) is 4.80. The molecule has 0 N–H and O–H groups in total. The molecule has 1 unspecified atom stereocenters. The number of nitrogens with zero attached hydrogens (tertiary/aromatic N) is 3. The number of benzene rings is 3. The summed E-state index contributed by atoms with van der Waals surface area (Å²) in [5, 5.41) is 0.502. The van der Waals surface area contributed by atoms with Gasteiger partial charge < -0.3 is 4.90 Å². The van der Waals surface area contributed by atoms with Crippen LogP contribution in [0.1, 0.15) is 29.9 Å². The number of rotatable bonds is 6. The number of para-hydroxylation sites is 1. The number of alkyl halides is 2. The standard InChI is InChI=1S/C26H23Cl2N3O2/c1-17-12-14-20(15-13-17)31-24(29-22-11-7-6-10-21(22)25(31)32)18(2)30(26(33)23(27)28)16-19-8-4-3-5-9-19/h3-15,18,23H,16H2,1-2H3. The predicted molar refractivity (Wildman–Crippen MR) is 133 cm³/mol. The summed E-state index contributed by atoms with van der Waals surface area (Å²) in [4.78, 5) is 31.8. The third-order valence-electron chi connectivity index (χ3n) is 5.60. The Morgan fingerprint density at radius 3 is 2.27 bits per heavy atom. The molecule has 0 saturated heterocycles.